The van der Waals surface area contributed by atoms with Gasteiger partial charge in [0.25, 0.3) is 5.69 Å². The van der Waals surface area contributed by atoms with Crippen LogP contribution in [0.1, 0.15) is 13.3 Å². The van der Waals surface area contributed by atoms with E-state index in [2.05, 4.69) is 0 Å². The van der Waals surface area contributed by atoms with E-state index in [0.29, 0.717) is 6.54 Å². The molecule has 0 radical (unpaired) electrons. The SMILES string of the molecule is CCCN(CCO)S(=O)c1ccccc1[N+](=O)[O-]. The lowest BCUT2D eigenvalue weighted by Gasteiger charge is -2.19. The molecule has 0 aliphatic heterocycles. The molecule has 0 spiro atoms. The normalized spacial score (nSPS) is 12.6. The monoisotopic (exact) mass is 272 g/mol. The lowest BCUT2D eigenvalue weighted by molar-refractivity contribution is -0.387. The second kappa shape index (κ2) is 7.20. The number of nitrogens with zero attached hydrogens (tertiary/aromatic N) is 2. The Morgan fingerprint density at radius 2 is 2.06 bits per heavy atom. The van der Waals surface area contributed by atoms with E-state index in [1.54, 1.807) is 6.07 Å². The van der Waals surface area contributed by atoms with Gasteiger partial charge in [-0.15, -0.1) is 0 Å². The van der Waals surface area contributed by atoms with Gasteiger partial charge in [-0.1, -0.05) is 19.1 Å². The highest BCUT2D eigenvalue weighted by Gasteiger charge is 2.22. The number of hydrogen-bond donors (Lipinski definition) is 1. The predicted octanol–water partition coefficient (Wildman–Crippen LogP) is 1.32. The molecule has 0 heterocycles. The van der Waals surface area contributed by atoms with Gasteiger partial charge < -0.3 is 5.11 Å². The molecule has 0 aliphatic rings. The first kappa shape index (κ1) is 14.7. The third-order valence-corrected chi connectivity index (χ3v) is 3.86. The minimum absolute atomic E-state index is 0.133. The summed E-state index contributed by atoms with van der Waals surface area (Å²) in [5, 5.41) is 19.8. The van der Waals surface area contributed by atoms with Crippen molar-refractivity contribution < 1.29 is 14.2 Å². The number of aliphatic hydroxyl groups is 1. The van der Waals surface area contributed by atoms with E-state index >= 15 is 0 Å². The number of hydrogen-bond acceptors (Lipinski definition) is 4. The van der Waals surface area contributed by atoms with E-state index in [-0.39, 0.29) is 23.7 Å². The molecule has 0 saturated carbocycles. The lowest BCUT2D eigenvalue weighted by Crippen LogP contribution is -2.30. The van der Waals surface area contributed by atoms with E-state index in [1.165, 1.54) is 22.5 Å². The Morgan fingerprint density at radius 1 is 1.39 bits per heavy atom. The van der Waals surface area contributed by atoms with Gasteiger partial charge in [0.2, 0.25) is 0 Å². The summed E-state index contributed by atoms with van der Waals surface area (Å²) in [4.78, 5) is 10.5. The maximum absolute atomic E-state index is 12.3. The van der Waals surface area contributed by atoms with Crippen molar-refractivity contribution >= 4 is 16.7 Å². The quantitative estimate of drug-likeness (QED) is 0.599. The van der Waals surface area contributed by atoms with Gasteiger partial charge in [-0.3, -0.25) is 10.1 Å². The van der Waals surface area contributed by atoms with Gasteiger partial charge in [0.05, 0.1) is 11.5 Å². The Bertz CT molecular complexity index is 433. The highest BCUT2D eigenvalue weighted by Crippen LogP contribution is 2.23. The Balaban J connectivity index is 3.04. The Hall–Kier alpha value is -1.31. The van der Waals surface area contributed by atoms with Crippen LogP contribution in [0, 0.1) is 10.1 Å². The van der Waals surface area contributed by atoms with Gasteiger partial charge in [0.1, 0.15) is 15.9 Å². The highest BCUT2D eigenvalue weighted by atomic mass is 32.2. The van der Waals surface area contributed by atoms with Gasteiger partial charge in [-0.25, -0.2) is 8.51 Å². The summed E-state index contributed by atoms with van der Waals surface area (Å²) in [6, 6.07) is 5.96. The van der Waals surface area contributed by atoms with Crippen molar-refractivity contribution in [2.75, 3.05) is 19.7 Å². The van der Waals surface area contributed by atoms with Gasteiger partial charge in [0, 0.05) is 19.2 Å². The third kappa shape index (κ3) is 3.59. The zero-order valence-corrected chi connectivity index (χ0v) is 10.9. The van der Waals surface area contributed by atoms with E-state index in [1.807, 2.05) is 6.92 Å². The molecule has 1 rings (SSSR count). The average molecular weight is 272 g/mol. The molecule has 100 valence electrons. The van der Waals surface area contributed by atoms with E-state index < -0.39 is 15.9 Å². The summed E-state index contributed by atoms with van der Waals surface area (Å²) in [5.41, 5.74) is -0.158. The van der Waals surface area contributed by atoms with Crippen molar-refractivity contribution in [3.63, 3.8) is 0 Å². The lowest BCUT2D eigenvalue weighted by atomic mass is 10.3. The number of nitro benzene ring substituents is 1. The molecule has 0 bridgehead atoms. The standard InChI is InChI=1S/C11H16N2O4S/c1-2-7-12(8-9-14)18(17)11-6-4-3-5-10(11)13(15)16/h3-6,14H,2,7-9H2,1H3. The molecular formula is C11H16N2O4S. The van der Waals surface area contributed by atoms with Crippen LogP contribution in [-0.2, 0) is 11.0 Å². The minimum atomic E-state index is -1.62. The molecule has 0 saturated heterocycles. The van der Waals surface area contributed by atoms with Crippen LogP contribution in [0.2, 0.25) is 0 Å². The number of benzene rings is 1. The molecule has 7 heteroatoms. The van der Waals surface area contributed by atoms with Crippen LogP contribution < -0.4 is 0 Å². The molecule has 1 N–H and O–H groups in total. The van der Waals surface area contributed by atoms with Crippen LogP contribution >= 0.6 is 0 Å². The number of aliphatic hydroxyl groups excluding tert-OH is 1. The molecule has 0 fully saturated rings. The maximum Gasteiger partial charge on any atom is 0.286 e. The zero-order valence-electron chi connectivity index (χ0n) is 10.1. The average Bonchev–Trinajstić information content (AvgIpc) is 2.37. The molecule has 0 amide bonds. The molecule has 0 aromatic heterocycles. The maximum atomic E-state index is 12.3. The molecule has 1 unspecified atom stereocenters. The van der Waals surface area contributed by atoms with Crippen LogP contribution in [0.3, 0.4) is 0 Å². The number of para-hydroxylation sites is 1. The molecule has 6 nitrogen and oxygen atoms in total. The first-order valence-corrected chi connectivity index (χ1v) is 6.73. The van der Waals surface area contributed by atoms with Gasteiger partial charge in [0.15, 0.2) is 0 Å². The third-order valence-electron chi connectivity index (χ3n) is 2.31. The van der Waals surface area contributed by atoms with Crippen LogP contribution in [0.25, 0.3) is 0 Å². The zero-order chi connectivity index (χ0) is 13.5. The summed E-state index contributed by atoms with van der Waals surface area (Å²) in [7, 11) is -1.62. The first-order valence-electron chi connectivity index (χ1n) is 5.63. The van der Waals surface area contributed by atoms with Crippen molar-refractivity contribution in [2.24, 2.45) is 0 Å². The summed E-state index contributed by atoms with van der Waals surface area (Å²) in [6.45, 7) is 2.53. The fourth-order valence-electron chi connectivity index (χ4n) is 1.53. The van der Waals surface area contributed by atoms with Crippen molar-refractivity contribution in [1.82, 2.24) is 4.31 Å². The van der Waals surface area contributed by atoms with E-state index in [0.717, 1.165) is 6.42 Å². The molecule has 1 atom stereocenters. The van der Waals surface area contributed by atoms with Gasteiger partial charge in [-0.05, 0) is 12.5 Å². The largest absolute Gasteiger partial charge is 0.395 e. The molecule has 1 aromatic rings. The first-order chi connectivity index (χ1) is 8.61. The fraction of sp³-hybridized carbons (Fsp3) is 0.455. The molecular weight excluding hydrogens is 256 g/mol. The number of nitro groups is 1. The summed E-state index contributed by atoms with van der Waals surface area (Å²) in [6.07, 6.45) is 0.756. The van der Waals surface area contributed by atoms with Crippen LogP contribution in [0.4, 0.5) is 5.69 Å². The summed E-state index contributed by atoms with van der Waals surface area (Å²) in [5.74, 6) is 0. The van der Waals surface area contributed by atoms with Crippen LogP contribution in [0.15, 0.2) is 29.2 Å². The van der Waals surface area contributed by atoms with Crippen LogP contribution in [-0.4, -0.2) is 38.2 Å². The van der Waals surface area contributed by atoms with Gasteiger partial charge in [-0.2, -0.15) is 0 Å². The Kier molecular flexibility index (Phi) is 5.90. The second-order valence-corrected chi connectivity index (χ2v) is 5.08. The topological polar surface area (TPSA) is 83.7 Å². The number of rotatable bonds is 7. The van der Waals surface area contributed by atoms with Crippen molar-refractivity contribution in [1.29, 1.82) is 0 Å². The van der Waals surface area contributed by atoms with Crippen molar-refractivity contribution in [3.05, 3.63) is 34.4 Å². The Morgan fingerprint density at radius 3 is 2.61 bits per heavy atom. The van der Waals surface area contributed by atoms with Crippen molar-refractivity contribution in [2.45, 2.75) is 18.2 Å². The summed E-state index contributed by atoms with van der Waals surface area (Å²) < 4.78 is 13.8. The molecule has 0 aliphatic carbocycles. The molecule has 1 aromatic carbocycles. The van der Waals surface area contributed by atoms with Gasteiger partial charge >= 0.3 is 0 Å². The van der Waals surface area contributed by atoms with E-state index in [9.17, 15) is 14.3 Å². The fourth-order valence-corrected chi connectivity index (χ4v) is 2.92. The smallest absolute Gasteiger partial charge is 0.286 e. The highest BCUT2D eigenvalue weighted by molar-refractivity contribution is 7.82. The predicted molar refractivity (Wildman–Crippen MR) is 68.5 cm³/mol. The molecule has 18 heavy (non-hydrogen) atoms. The second-order valence-electron chi connectivity index (χ2n) is 3.63. The summed E-state index contributed by atoms with van der Waals surface area (Å²) >= 11 is 0. The Labute approximate surface area is 108 Å². The van der Waals surface area contributed by atoms with Crippen LogP contribution in [0.5, 0.6) is 0 Å². The van der Waals surface area contributed by atoms with Crippen molar-refractivity contribution in [3.8, 4) is 0 Å². The minimum Gasteiger partial charge on any atom is -0.395 e. The van der Waals surface area contributed by atoms with E-state index in [4.69, 9.17) is 5.11 Å².